The van der Waals surface area contributed by atoms with Crippen LogP contribution in [0.3, 0.4) is 0 Å². The first-order valence-corrected chi connectivity index (χ1v) is 5.05. The zero-order valence-corrected chi connectivity index (χ0v) is 9.33. The third-order valence-electron chi connectivity index (χ3n) is 2.44. The molecule has 0 aliphatic carbocycles. The fourth-order valence-electron chi connectivity index (χ4n) is 1.58. The zero-order valence-electron chi connectivity index (χ0n) is 9.33. The Morgan fingerprint density at radius 2 is 1.36 bits per heavy atom. The van der Waals surface area contributed by atoms with Gasteiger partial charge < -0.3 is 10.8 Å². The first-order valence-electron chi connectivity index (χ1n) is 5.05. The number of rotatable bonds is 2. The van der Waals surface area contributed by atoms with Crippen molar-refractivity contribution in [2.45, 2.75) is 39.5 Å². The van der Waals surface area contributed by atoms with Crippen LogP contribution in [0.5, 0.6) is 5.75 Å². The molecule has 0 aliphatic rings. The molecule has 2 heteroatoms. The van der Waals surface area contributed by atoms with Gasteiger partial charge >= 0.3 is 0 Å². The van der Waals surface area contributed by atoms with Crippen LogP contribution >= 0.6 is 0 Å². The Hall–Kier alpha value is -1.18. The summed E-state index contributed by atoms with van der Waals surface area (Å²) in [6, 6.07) is 3.71. The number of phenolic OH excluding ortho intramolecular Hbond substituents is 1. The number of hydrogen-bond donors (Lipinski definition) is 2. The maximum Gasteiger partial charge on any atom is 0.122 e. The summed E-state index contributed by atoms with van der Waals surface area (Å²) in [6.45, 7) is 8.22. The number of nitrogen functional groups attached to an aromatic ring is 1. The van der Waals surface area contributed by atoms with Crippen molar-refractivity contribution in [2.75, 3.05) is 5.73 Å². The van der Waals surface area contributed by atoms with Crippen molar-refractivity contribution in [2.24, 2.45) is 0 Å². The molecule has 1 aromatic carbocycles. The van der Waals surface area contributed by atoms with Gasteiger partial charge in [0, 0.05) is 5.69 Å². The van der Waals surface area contributed by atoms with E-state index in [1.54, 1.807) is 0 Å². The molecule has 14 heavy (non-hydrogen) atoms. The lowest BCUT2D eigenvalue weighted by Gasteiger charge is -2.15. The van der Waals surface area contributed by atoms with Crippen LogP contribution < -0.4 is 5.73 Å². The van der Waals surface area contributed by atoms with E-state index in [-0.39, 0.29) is 0 Å². The van der Waals surface area contributed by atoms with Crippen LogP contribution in [0.15, 0.2) is 12.1 Å². The Labute approximate surface area is 85.8 Å². The summed E-state index contributed by atoms with van der Waals surface area (Å²) < 4.78 is 0. The molecular weight excluding hydrogens is 174 g/mol. The third kappa shape index (κ3) is 2.00. The van der Waals surface area contributed by atoms with E-state index in [1.165, 1.54) is 0 Å². The summed E-state index contributed by atoms with van der Waals surface area (Å²) in [7, 11) is 0. The maximum atomic E-state index is 10.00. The second kappa shape index (κ2) is 3.91. The molecule has 1 rings (SSSR count). The summed E-state index contributed by atoms with van der Waals surface area (Å²) in [6.07, 6.45) is 0. The van der Waals surface area contributed by atoms with Crippen LogP contribution in [0.2, 0.25) is 0 Å². The maximum absolute atomic E-state index is 10.00. The molecule has 0 saturated carbocycles. The van der Waals surface area contributed by atoms with E-state index < -0.39 is 0 Å². The average molecular weight is 193 g/mol. The highest BCUT2D eigenvalue weighted by Crippen LogP contribution is 2.35. The summed E-state index contributed by atoms with van der Waals surface area (Å²) in [5.41, 5.74) is 8.40. The topological polar surface area (TPSA) is 46.2 Å². The fraction of sp³-hybridized carbons (Fsp3) is 0.500. The highest BCUT2D eigenvalue weighted by Gasteiger charge is 2.13. The molecule has 1 aromatic rings. The Kier molecular flexibility index (Phi) is 3.04. The van der Waals surface area contributed by atoms with Gasteiger partial charge in [0.1, 0.15) is 5.75 Å². The van der Waals surface area contributed by atoms with E-state index in [2.05, 4.69) is 27.7 Å². The molecule has 0 fully saturated rings. The first-order chi connectivity index (χ1) is 6.43. The minimum absolute atomic E-state index is 0.302. The lowest BCUT2D eigenvalue weighted by Crippen LogP contribution is -1.98. The van der Waals surface area contributed by atoms with E-state index in [9.17, 15) is 5.11 Å². The van der Waals surface area contributed by atoms with Gasteiger partial charge in [-0.05, 0) is 35.1 Å². The van der Waals surface area contributed by atoms with Crippen LogP contribution in [-0.4, -0.2) is 5.11 Å². The number of aromatic hydroxyl groups is 1. The highest BCUT2D eigenvalue weighted by molar-refractivity contribution is 5.54. The summed E-state index contributed by atoms with van der Waals surface area (Å²) >= 11 is 0. The van der Waals surface area contributed by atoms with Gasteiger partial charge in [0.15, 0.2) is 0 Å². The highest BCUT2D eigenvalue weighted by atomic mass is 16.3. The van der Waals surface area contributed by atoms with Crippen LogP contribution in [0, 0.1) is 0 Å². The van der Waals surface area contributed by atoms with Gasteiger partial charge in [0.05, 0.1) is 0 Å². The Bertz CT molecular complexity index is 300. The van der Waals surface area contributed by atoms with Gasteiger partial charge in [0.2, 0.25) is 0 Å². The van der Waals surface area contributed by atoms with E-state index in [0.717, 1.165) is 16.8 Å². The second-order valence-electron chi connectivity index (χ2n) is 4.36. The molecule has 0 atom stereocenters. The van der Waals surface area contributed by atoms with Crippen LogP contribution in [-0.2, 0) is 0 Å². The van der Waals surface area contributed by atoms with Gasteiger partial charge in [0.25, 0.3) is 0 Å². The minimum atomic E-state index is 0.302. The molecule has 78 valence electrons. The molecule has 0 spiro atoms. The quantitative estimate of drug-likeness (QED) is 0.559. The van der Waals surface area contributed by atoms with Crippen molar-refractivity contribution < 1.29 is 5.11 Å². The fourth-order valence-corrected chi connectivity index (χ4v) is 1.58. The van der Waals surface area contributed by atoms with Crippen molar-refractivity contribution in [3.8, 4) is 5.75 Å². The van der Waals surface area contributed by atoms with Crippen LogP contribution in [0.25, 0.3) is 0 Å². The summed E-state index contributed by atoms with van der Waals surface area (Å²) in [5.74, 6) is 1.01. The van der Waals surface area contributed by atoms with Gasteiger partial charge in [-0.15, -0.1) is 0 Å². The van der Waals surface area contributed by atoms with E-state index in [4.69, 9.17) is 5.73 Å². The summed E-state index contributed by atoms with van der Waals surface area (Å²) in [4.78, 5) is 0. The molecule has 0 unspecified atom stereocenters. The number of benzene rings is 1. The van der Waals surface area contributed by atoms with Crippen LogP contribution in [0.1, 0.15) is 50.7 Å². The lowest BCUT2D eigenvalue weighted by molar-refractivity contribution is 0.454. The standard InChI is InChI=1S/C12H19NO/c1-7(2)10-5-9(13)6-11(8(3)4)12(10)14/h5-8,14H,13H2,1-4H3. The molecule has 0 radical (unpaired) electrons. The van der Waals surface area contributed by atoms with E-state index in [0.29, 0.717) is 17.6 Å². The molecule has 0 saturated heterocycles. The second-order valence-corrected chi connectivity index (χ2v) is 4.36. The van der Waals surface area contributed by atoms with Gasteiger partial charge in [-0.25, -0.2) is 0 Å². The minimum Gasteiger partial charge on any atom is -0.507 e. The lowest BCUT2D eigenvalue weighted by atomic mass is 9.93. The predicted molar refractivity (Wildman–Crippen MR) is 60.7 cm³/mol. The normalized spacial score (nSPS) is 11.3. The van der Waals surface area contributed by atoms with Gasteiger partial charge in [-0.3, -0.25) is 0 Å². The molecule has 0 bridgehead atoms. The Morgan fingerprint density at radius 3 is 1.64 bits per heavy atom. The van der Waals surface area contributed by atoms with Crippen molar-refractivity contribution in [1.82, 2.24) is 0 Å². The summed E-state index contributed by atoms with van der Waals surface area (Å²) in [5, 5.41) is 10.00. The Morgan fingerprint density at radius 1 is 1.00 bits per heavy atom. The van der Waals surface area contributed by atoms with E-state index >= 15 is 0 Å². The van der Waals surface area contributed by atoms with Crippen molar-refractivity contribution in [1.29, 1.82) is 0 Å². The molecule has 0 heterocycles. The molecule has 3 N–H and O–H groups in total. The number of phenols is 1. The SMILES string of the molecule is CC(C)c1cc(N)cc(C(C)C)c1O. The predicted octanol–water partition coefficient (Wildman–Crippen LogP) is 3.22. The van der Waals surface area contributed by atoms with Gasteiger partial charge in [-0.2, -0.15) is 0 Å². The Balaban J connectivity index is 3.32. The van der Waals surface area contributed by atoms with E-state index in [1.807, 2.05) is 12.1 Å². The third-order valence-corrected chi connectivity index (χ3v) is 2.44. The molecule has 0 amide bonds. The first kappa shape index (κ1) is 10.9. The van der Waals surface area contributed by atoms with Crippen molar-refractivity contribution >= 4 is 5.69 Å². The number of anilines is 1. The largest absolute Gasteiger partial charge is 0.507 e. The number of nitrogens with two attached hydrogens (primary N) is 1. The van der Waals surface area contributed by atoms with Crippen molar-refractivity contribution in [3.05, 3.63) is 23.3 Å². The molecule has 0 aromatic heterocycles. The van der Waals surface area contributed by atoms with Crippen molar-refractivity contribution in [3.63, 3.8) is 0 Å². The number of hydrogen-bond acceptors (Lipinski definition) is 2. The average Bonchev–Trinajstić information content (AvgIpc) is 2.07. The smallest absolute Gasteiger partial charge is 0.122 e. The molecule has 2 nitrogen and oxygen atoms in total. The molecular formula is C12H19NO. The zero-order chi connectivity index (χ0) is 10.9. The van der Waals surface area contributed by atoms with Gasteiger partial charge in [-0.1, -0.05) is 27.7 Å². The van der Waals surface area contributed by atoms with Crippen LogP contribution in [0.4, 0.5) is 5.69 Å². The molecule has 0 aliphatic heterocycles. The monoisotopic (exact) mass is 193 g/mol.